The van der Waals surface area contributed by atoms with E-state index in [0.717, 1.165) is 6.20 Å². The molecule has 0 atom stereocenters. The molecule has 0 radical (unpaired) electrons. The molecule has 1 aromatic carbocycles. The van der Waals surface area contributed by atoms with Crippen molar-refractivity contribution in [3.8, 4) is 5.69 Å². The number of benzene rings is 1. The molecule has 0 saturated heterocycles. The van der Waals surface area contributed by atoms with Crippen LogP contribution in [0.5, 0.6) is 0 Å². The second-order valence-electron chi connectivity index (χ2n) is 4.52. The molecule has 0 fully saturated rings. The van der Waals surface area contributed by atoms with Crippen LogP contribution in [0.2, 0.25) is 0 Å². The van der Waals surface area contributed by atoms with E-state index in [1.165, 1.54) is 35.0 Å². The summed E-state index contributed by atoms with van der Waals surface area (Å²) in [6.45, 7) is 0. The summed E-state index contributed by atoms with van der Waals surface area (Å²) in [5.41, 5.74) is -0.791. The molecule has 0 amide bonds. The number of rotatable bonds is 2. The van der Waals surface area contributed by atoms with Crippen LogP contribution in [0.25, 0.3) is 16.7 Å². The summed E-state index contributed by atoms with van der Waals surface area (Å²) in [5, 5.41) is 9.29. The molecule has 0 aliphatic rings. The van der Waals surface area contributed by atoms with Gasteiger partial charge in [0.05, 0.1) is 11.1 Å². The summed E-state index contributed by atoms with van der Waals surface area (Å²) in [6, 6.07) is 7.33. The first-order chi connectivity index (χ1) is 10.5. The van der Waals surface area contributed by atoms with E-state index >= 15 is 0 Å². The minimum absolute atomic E-state index is 0.106. The second kappa shape index (κ2) is 5.34. The number of carboxylic acid groups (broad SMARTS) is 1. The zero-order chi connectivity index (χ0) is 15.9. The highest BCUT2D eigenvalue weighted by Gasteiger charge is 2.17. The summed E-state index contributed by atoms with van der Waals surface area (Å²) in [5.74, 6) is -1.94. The smallest absolute Gasteiger partial charge is 0.341 e. The van der Waals surface area contributed by atoms with Crippen LogP contribution in [0.1, 0.15) is 10.4 Å². The lowest BCUT2D eigenvalue weighted by Gasteiger charge is -2.12. The van der Waals surface area contributed by atoms with E-state index in [1.54, 1.807) is 6.07 Å². The van der Waals surface area contributed by atoms with Crippen LogP contribution in [0.15, 0.2) is 52.0 Å². The van der Waals surface area contributed by atoms with E-state index in [9.17, 15) is 19.1 Å². The lowest BCUT2D eigenvalue weighted by Crippen LogP contribution is -2.19. The Morgan fingerprint density at radius 1 is 1.32 bits per heavy atom. The summed E-state index contributed by atoms with van der Waals surface area (Å²) < 4.78 is 16.0. The Morgan fingerprint density at radius 3 is 2.77 bits per heavy atom. The van der Waals surface area contributed by atoms with Gasteiger partial charge in [0.25, 0.3) is 0 Å². The van der Waals surface area contributed by atoms with Gasteiger partial charge in [-0.1, -0.05) is 15.9 Å². The van der Waals surface area contributed by atoms with E-state index in [1.807, 2.05) is 0 Å². The van der Waals surface area contributed by atoms with E-state index in [-0.39, 0.29) is 16.7 Å². The first-order valence-corrected chi connectivity index (χ1v) is 6.97. The molecular formula is C15H8BrFN2O3. The molecule has 0 aliphatic heterocycles. The number of hydrogen-bond acceptors (Lipinski definition) is 3. The second-order valence-corrected chi connectivity index (χ2v) is 5.43. The quantitative estimate of drug-likeness (QED) is 0.760. The van der Waals surface area contributed by atoms with Crippen molar-refractivity contribution in [3.63, 3.8) is 0 Å². The Labute approximate surface area is 131 Å². The molecule has 0 unspecified atom stereocenters. The predicted octanol–water partition coefficient (Wildman–Crippen LogP) is 2.99. The molecule has 110 valence electrons. The number of fused-ring (bicyclic) bond motifs is 1. The number of nitrogens with zero attached hydrogens (tertiary/aromatic N) is 2. The first-order valence-electron chi connectivity index (χ1n) is 6.18. The number of carboxylic acids is 1. The number of hydrogen-bond donors (Lipinski definition) is 1. The van der Waals surface area contributed by atoms with Gasteiger partial charge in [-0.2, -0.15) is 0 Å². The lowest BCUT2D eigenvalue weighted by molar-refractivity contribution is 0.0695. The average Bonchev–Trinajstić information content (AvgIpc) is 2.48. The summed E-state index contributed by atoms with van der Waals surface area (Å²) in [7, 11) is 0. The summed E-state index contributed by atoms with van der Waals surface area (Å²) >= 11 is 3.16. The average molecular weight is 363 g/mol. The largest absolute Gasteiger partial charge is 0.477 e. The third kappa shape index (κ3) is 2.29. The van der Waals surface area contributed by atoms with Crippen molar-refractivity contribution in [2.45, 2.75) is 0 Å². The molecule has 0 bridgehead atoms. The van der Waals surface area contributed by atoms with Crippen LogP contribution >= 0.6 is 15.9 Å². The fourth-order valence-corrected chi connectivity index (χ4v) is 2.51. The molecule has 22 heavy (non-hydrogen) atoms. The van der Waals surface area contributed by atoms with E-state index in [2.05, 4.69) is 20.9 Å². The van der Waals surface area contributed by atoms with Crippen molar-refractivity contribution in [1.82, 2.24) is 9.55 Å². The van der Waals surface area contributed by atoms with Crippen molar-refractivity contribution in [2.24, 2.45) is 0 Å². The van der Waals surface area contributed by atoms with Crippen LogP contribution in [0.3, 0.4) is 0 Å². The highest BCUT2D eigenvalue weighted by molar-refractivity contribution is 9.10. The number of carbonyl (C=O) groups is 1. The normalized spacial score (nSPS) is 10.8. The molecule has 2 heterocycles. The van der Waals surface area contributed by atoms with Crippen LogP contribution in [0.4, 0.5) is 4.39 Å². The highest BCUT2D eigenvalue weighted by Crippen LogP contribution is 2.21. The zero-order valence-electron chi connectivity index (χ0n) is 11.0. The Balaban J connectivity index is 2.45. The molecule has 5 nitrogen and oxygen atoms in total. The molecule has 2 aromatic heterocycles. The van der Waals surface area contributed by atoms with Gasteiger partial charge in [0.15, 0.2) is 0 Å². The first kappa shape index (κ1) is 14.4. The number of aromatic nitrogens is 2. The van der Waals surface area contributed by atoms with E-state index in [4.69, 9.17) is 0 Å². The Kier molecular flexibility index (Phi) is 3.50. The minimum Gasteiger partial charge on any atom is -0.477 e. The Bertz CT molecular complexity index is 969. The van der Waals surface area contributed by atoms with Gasteiger partial charge in [0.2, 0.25) is 5.43 Å². The van der Waals surface area contributed by atoms with Crippen molar-refractivity contribution in [3.05, 3.63) is 68.8 Å². The van der Waals surface area contributed by atoms with Gasteiger partial charge in [0.1, 0.15) is 17.0 Å². The lowest BCUT2D eigenvalue weighted by atomic mass is 10.2. The Morgan fingerprint density at radius 2 is 2.09 bits per heavy atom. The van der Waals surface area contributed by atoms with Crippen LogP contribution in [-0.2, 0) is 0 Å². The van der Waals surface area contributed by atoms with Crippen LogP contribution in [0, 0.1) is 5.82 Å². The predicted molar refractivity (Wildman–Crippen MR) is 82.0 cm³/mol. The zero-order valence-corrected chi connectivity index (χ0v) is 12.5. The van der Waals surface area contributed by atoms with Gasteiger partial charge in [0, 0.05) is 16.9 Å². The maximum atomic E-state index is 14.2. The number of pyridine rings is 2. The van der Waals surface area contributed by atoms with E-state index < -0.39 is 22.8 Å². The van der Waals surface area contributed by atoms with Crippen molar-refractivity contribution < 1.29 is 14.3 Å². The standard InChI is InChI=1S/C15H8BrFN2O3/c16-8-3-4-12(11(17)6-8)19-7-10(15(21)22)13(20)9-2-1-5-18-14(9)19/h1-7H,(H,21,22). The summed E-state index contributed by atoms with van der Waals surface area (Å²) in [6.07, 6.45) is 2.54. The molecule has 7 heteroatoms. The molecule has 3 rings (SSSR count). The third-order valence-corrected chi connectivity index (χ3v) is 3.66. The number of aromatic carboxylic acids is 1. The van der Waals surface area contributed by atoms with Crippen LogP contribution < -0.4 is 5.43 Å². The van der Waals surface area contributed by atoms with Gasteiger partial charge in [-0.3, -0.25) is 9.36 Å². The fourth-order valence-electron chi connectivity index (χ4n) is 2.17. The maximum Gasteiger partial charge on any atom is 0.341 e. The van der Waals surface area contributed by atoms with Gasteiger partial charge in [-0.05, 0) is 30.3 Å². The van der Waals surface area contributed by atoms with Crippen LogP contribution in [-0.4, -0.2) is 20.6 Å². The topological polar surface area (TPSA) is 72.2 Å². The third-order valence-electron chi connectivity index (χ3n) is 3.16. The number of halogens is 2. The van der Waals surface area contributed by atoms with Crippen molar-refractivity contribution in [2.75, 3.05) is 0 Å². The maximum absolute atomic E-state index is 14.2. The van der Waals surface area contributed by atoms with Crippen molar-refractivity contribution in [1.29, 1.82) is 0 Å². The van der Waals surface area contributed by atoms with Gasteiger partial charge in [-0.25, -0.2) is 14.2 Å². The highest BCUT2D eigenvalue weighted by atomic mass is 79.9. The molecular weight excluding hydrogens is 355 g/mol. The van der Waals surface area contributed by atoms with Gasteiger partial charge in [-0.15, -0.1) is 0 Å². The molecule has 0 saturated carbocycles. The Hall–Kier alpha value is -2.54. The molecule has 1 N–H and O–H groups in total. The molecule has 0 spiro atoms. The van der Waals surface area contributed by atoms with E-state index in [0.29, 0.717) is 4.47 Å². The summed E-state index contributed by atoms with van der Waals surface area (Å²) in [4.78, 5) is 27.5. The molecule has 3 aromatic rings. The minimum atomic E-state index is -1.37. The van der Waals surface area contributed by atoms with Gasteiger partial charge >= 0.3 is 5.97 Å². The molecule has 0 aliphatic carbocycles. The fraction of sp³-hybridized carbons (Fsp3) is 0. The SMILES string of the molecule is O=C(O)c1cn(-c2ccc(Br)cc2F)c2ncccc2c1=O. The van der Waals surface area contributed by atoms with Crippen molar-refractivity contribution >= 4 is 32.9 Å². The monoisotopic (exact) mass is 362 g/mol. The van der Waals surface area contributed by atoms with Gasteiger partial charge < -0.3 is 5.11 Å².